The number of aliphatic hydroxyl groups excluding tert-OH is 1. The van der Waals surface area contributed by atoms with Gasteiger partial charge in [0.25, 0.3) is 5.91 Å². The number of aliphatic hydroxyl groups is 1. The highest BCUT2D eigenvalue weighted by Crippen LogP contribution is 2.34. The van der Waals surface area contributed by atoms with E-state index in [1.807, 2.05) is 0 Å². The van der Waals surface area contributed by atoms with Gasteiger partial charge in [-0.1, -0.05) is 0 Å². The van der Waals surface area contributed by atoms with Gasteiger partial charge in [0.05, 0.1) is 28.7 Å². The molecule has 0 saturated carbocycles. The molecule has 0 aliphatic carbocycles. The fourth-order valence-electron chi connectivity index (χ4n) is 3.72. The third-order valence-corrected chi connectivity index (χ3v) is 5.54. The number of aromatic hydroxyl groups is 1. The predicted octanol–water partition coefficient (Wildman–Crippen LogP) is 2.83. The van der Waals surface area contributed by atoms with Gasteiger partial charge in [-0.15, -0.1) is 0 Å². The maximum absolute atomic E-state index is 15.3. The maximum atomic E-state index is 15.3. The van der Waals surface area contributed by atoms with Crippen LogP contribution in [0.25, 0.3) is 11.0 Å². The lowest BCUT2D eigenvalue weighted by Gasteiger charge is -2.36. The number of fused-ring (bicyclic) bond motifs is 1. The first-order chi connectivity index (χ1) is 14.9. The number of halogens is 1. The molecule has 0 bridgehead atoms. The minimum atomic E-state index is -0.826. The van der Waals surface area contributed by atoms with Gasteiger partial charge in [-0.05, 0) is 44.0 Å². The molecule has 0 radical (unpaired) electrons. The lowest BCUT2D eigenvalue weighted by atomic mass is 9.90. The highest BCUT2D eigenvalue weighted by molar-refractivity contribution is 6.08. The monoisotopic (exact) mass is 430 g/mol. The molecule has 1 saturated heterocycles. The first kappa shape index (κ1) is 21.1. The van der Waals surface area contributed by atoms with Crippen LogP contribution in [0, 0.1) is 12.7 Å². The molecule has 1 aromatic carbocycles. The molecule has 1 amide bonds. The minimum absolute atomic E-state index is 0.00283. The molecule has 3 aromatic rings. The van der Waals surface area contributed by atoms with E-state index in [2.05, 4.69) is 10.3 Å². The summed E-state index contributed by atoms with van der Waals surface area (Å²) in [6.07, 6.45) is 2.34. The zero-order valence-corrected chi connectivity index (χ0v) is 17.0. The Labute approximate surface area is 177 Å². The summed E-state index contributed by atoms with van der Waals surface area (Å²) in [6, 6.07) is 6.18. The second-order valence-corrected chi connectivity index (χ2v) is 7.56. The number of nitrogens with one attached hydrogen (secondary N) is 1. The van der Waals surface area contributed by atoms with Gasteiger partial charge in [-0.3, -0.25) is 4.79 Å². The van der Waals surface area contributed by atoms with Gasteiger partial charge in [0.15, 0.2) is 11.6 Å². The average molecular weight is 430 g/mol. The predicted molar refractivity (Wildman–Crippen MR) is 108 cm³/mol. The Kier molecular flexibility index (Phi) is 5.79. The zero-order valence-electron chi connectivity index (χ0n) is 17.0. The number of ether oxygens (including phenoxy) is 2. The van der Waals surface area contributed by atoms with E-state index in [4.69, 9.17) is 13.9 Å². The minimum Gasteiger partial charge on any atom is -0.493 e. The molecular formula is C22H23FN2O6. The number of carbonyl (C=O) groups is 1. The summed E-state index contributed by atoms with van der Waals surface area (Å²) in [7, 11) is 0. The van der Waals surface area contributed by atoms with Crippen molar-refractivity contribution in [1.82, 2.24) is 10.3 Å². The van der Waals surface area contributed by atoms with E-state index in [0.717, 1.165) is 0 Å². The molecule has 0 spiro atoms. The SMILES string of the molecule is Cc1oc2ccc(OCc3cccnc3O)c(F)c2c1C(=O)NC1(CO)CCOCC1. The highest BCUT2D eigenvalue weighted by atomic mass is 19.1. The van der Waals surface area contributed by atoms with E-state index < -0.39 is 17.3 Å². The summed E-state index contributed by atoms with van der Waals surface area (Å²) in [5, 5.41) is 22.5. The van der Waals surface area contributed by atoms with Crippen molar-refractivity contribution >= 4 is 16.9 Å². The highest BCUT2D eigenvalue weighted by Gasteiger charge is 2.35. The number of amides is 1. The van der Waals surface area contributed by atoms with Crippen molar-refractivity contribution < 1.29 is 33.3 Å². The molecule has 2 aromatic heterocycles. The summed E-state index contributed by atoms with van der Waals surface area (Å²) < 4.78 is 31.8. The normalized spacial score (nSPS) is 15.7. The topological polar surface area (TPSA) is 114 Å². The van der Waals surface area contributed by atoms with Gasteiger partial charge in [0.1, 0.15) is 18.0 Å². The van der Waals surface area contributed by atoms with Crippen LogP contribution in [-0.2, 0) is 11.3 Å². The lowest BCUT2D eigenvalue weighted by molar-refractivity contribution is 0.0125. The van der Waals surface area contributed by atoms with Crippen molar-refractivity contribution in [2.45, 2.75) is 31.9 Å². The van der Waals surface area contributed by atoms with Gasteiger partial charge in [0, 0.05) is 19.4 Å². The number of furan rings is 1. The van der Waals surface area contributed by atoms with Crippen LogP contribution in [-0.4, -0.2) is 46.5 Å². The van der Waals surface area contributed by atoms with Gasteiger partial charge in [-0.2, -0.15) is 0 Å². The van der Waals surface area contributed by atoms with Crippen LogP contribution in [0.1, 0.15) is 34.5 Å². The van der Waals surface area contributed by atoms with Crippen molar-refractivity contribution in [3.8, 4) is 11.6 Å². The molecule has 1 fully saturated rings. The number of benzene rings is 1. The van der Waals surface area contributed by atoms with E-state index >= 15 is 4.39 Å². The first-order valence-electron chi connectivity index (χ1n) is 9.92. The fourth-order valence-corrected chi connectivity index (χ4v) is 3.72. The maximum Gasteiger partial charge on any atom is 0.256 e. The van der Waals surface area contributed by atoms with E-state index in [1.165, 1.54) is 18.3 Å². The van der Waals surface area contributed by atoms with Crippen LogP contribution in [0.3, 0.4) is 0 Å². The van der Waals surface area contributed by atoms with Crippen LogP contribution < -0.4 is 10.1 Å². The smallest absolute Gasteiger partial charge is 0.256 e. The Morgan fingerprint density at radius 1 is 1.32 bits per heavy atom. The van der Waals surface area contributed by atoms with Crippen molar-refractivity contribution in [2.75, 3.05) is 19.8 Å². The second-order valence-electron chi connectivity index (χ2n) is 7.56. The number of rotatable bonds is 6. The van der Waals surface area contributed by atoms with Crippen molar-refractivity contribution in [3.05, 3.63) is 53.2 Å². The molecule has 31 heavy (non-hydrogen) atoms. The first-order valence-corrected chi connectivity index (χ1v) is 9.92. The molecule has 0 atom stereocenters. The summed E-state index contributed by atoms with van der Waals surface area (Å²) in [6.45, 7) is 2.06. The quantitative estimate of drug-likeness (QED) is 0.551. The largest absolute Gasteiger partial charge is 0.493 e. The summed E-state index contributed by atoms with van der Waals surface area (Å²) in [5.74, 6) is -1.31. The third-order valence-electron chi connectivity index (χ3n) is 5.54. The van der Waals surface area contributed by atoms with E-state index in [-0.39, 0.29) is 47.1 Å². The van der Waals surface area contributed by atoms with Crippen LogP contribution >= 0.6 is 0 Å². The van der Waals surface area contributed by atoms with Gasteiger partial charge in [0.2, 0.25) is 5.88 Å². The number of nitrogens with zero attached hydrogens (tertiary/aromatic N) is 1. The van der Waals surface area contributed by atoms with Crippen LogP contribution in [0.4, 0.5) is 4.39 Å². The molecule has 8 nitrogen and oxygen atoms in total. The van der Waals surface area contributed by atoms with Crippen LogP contribution in [0.5, 0.6) is 11.6 Å². The van der Waals surface area contributed by atoms with E-state index in [1.54, 1.807) is 19.1 Å². The van der Waals surface area contributed by atoms with Crippen molar-refractivity contribution in [1.29, 1.82) is 0 Å². The van der Waals surface area contributed by atoms with Crippen molar-refractivity contribution in [3.63, 3.8) is 0 Å². The zero-order chi connectivity index (χ0) is 22.0. The molecular weight excluding hydrogens is 407 g/mol. The number of pyridine rings is 1. The van der Waals surface area contributed by atoms with Crippen LogP contribution in [0.15, 0.2) is 34.9 Å². The Bertz CT molecular complexity index is 1110. The van der Waals surface area contributed by atoms with E-state index in [0.29, 0.717) is 31.6 Å². The number of aryl methyl sites for hydroxylation is 1. The summed E-state index contributed by atoms with van der Waals surface area (Å²) >= 11 is 0. The lowest BCUT2D eigenvalue weighted by Crippen LogP contribution is -2.54. The van der Waals surface area contributed by atoms with Gasteiger partial charge in [-0.25, -0.2) is 9.37 Å². The summed E-state index contributed by atoms with van der Waals surface area (Å²) in [5.41, 5.74) is -0.163. The molecule has 0 unspecified atom stereocenters. The molecule has 9 heteroatoms. The Morgan fingerprint density at radius 2 is 2.10 bits per heavy atom. The van der Waals surface area contributed by atoms with Gasteiger partial charge < -0.3 is 29.4 Å². The Morgan fingerprint density at radius 3 is 2.81 bits per heavy atom. The second kappa shape index (κ2) is 8.52. The third kappa shape index (κ3) is 4.06. The Hall–Kier alpha value is -3.17. The molecule has 1 aliphatic heterocycles. The number of hydrogen-bond donors (Lipinski definition) is 3. The molecule has 164 valence electrons. The summed E-state index contributed by atoms with van der Waals surface area (Å²) in [4.78, 5) is 16.8. The van der Waals surface area contributed by atoms with Gasteiger partial charge >= 0.3 is 0 Å². The molecule has 1 aliphatic rings. The Balaban J connectivity index is 1.64. The molecule has 4 rings (SSSR count). The number of aromatic nitrogens is 1. The standard InChI is InChI=1S/C22H23FN2O6/c1-13-17(21(28)25-22(12-26)6-9-29-10-7-22)18-15(31-13)4-5-16(19(18)23)30-11-14-3-2-8-24-20(14)27/h2-5,8,26H,6-7,9-12H2,1H3,(H,24,27)(H,25,28). The van der Waals surface area contributed by atoms with Crippen LogP contribution in [0.2, 0.25) is 0 Å². The number of hydrogen-bond acceptors (Lipinski definition) is 7. The van der Waals surface area contributed by atoms with Crippen molar-refractivity contribution in [2.24, 2.45) is 0 Å². The fraction of sp³-hybridized carbons (Fsp3) is 0.364. The average Bonchev–Trinajstić information content (AvgIpc) is 3.12. The number of carbonyl (C=O) groups excluding carboxylic acids is 1. The van der Waals surface area contributed by atoms with E-state index in [9.17, 15) is 15.0 Å². The molecule has 3 N–H and O–H groups in total. The molecule has 3 heterocycles.